The maximum atomic E-state index is 13.5. The fourth-order valence-electron chi connectivity index (χ4n) is 1.26. The third kappa shape index (κ3) is 2.84. The predicted molar refractivity (Wildman–Crippen MR) is 63.5 cm³/mol. The van der Waals surface area contributed by atoms with Crippen molar-refractivity contribution in [2.45, 2.75) is 20.8 Å². The molecule has 0 saturated carbocycles. The van der Waals surface area contributed by atoms with Gasteiger partial charge in [0.25, 0.3) is 0 Å². The van der Waals surface area contributed by atoms with Crippen molar-refractivity contribution < 1.29 is 8.78 Å². The lowest BCUT2D eigenvalue weighted by Gasteiger charge is -2.03. The van der Waals surface area contributed by atoms with Gasteiger partial charge in [-0.15, -0.1) is 0 Å². The van der Waals surface area contributed by atoms with Crippen LogP contribution in [0.4, 0.5) is 8.78 Å². The van der Waals surface area contributed by atoms with E-state index in [1.54, 1.807) is 6.07 Å². The topological polar surface area (TPSA) is 25.8 Å². The Labute approximate surface area is 99.4 Å². The van der Waals surface area contributed by atoms with Crippen LogP contribution in [0.3, 0.4) is 0 Å². The summed E-state index contributed by atoms with van der Waals surface area (Å²) in [7, 11) is 0. The van der Waals surface area contributed by atoms with E-state index in [-0.39, 0.29) is 17.0 Å². The van der Waals surface area contributed by atoms with Crippen LogP contribution < -0.4 is 0 Å². The lowest BCUT2D eigenvalue weighted by Crippen LogP contribution is -1.96. The third-order valence-electron chi connectivity index (χ3n) is 2.08. The number of hydrogen-bond donors (Lipinski definition) is 0. The van der Waals surface area contributed by atoms with Crippen molar-refractivity contribution in [1.82, 2.24) is 9.97 Å². The Kier molecular flexibility index (Phi) is 4.69. The summed E-state index contributed by atoms with van der Waals surface area (Å²) in [6.07, 6.45) is 2.97. The number of hydrogen-bond acceptors (Lipinski definition) is 2. The van der Waals surface area contributed by atoms with E-state index in [9.17, 15) is 8.78 Å². The Morgan fingerprint density at radius 1 is 0.941 bits per heavy atom. The van der Waals surface area contributed by atoms with Gasteiger partial charge in [0.2, 0.25) is 0 Å². The predicted octanol–water partition coefficient (Wildman–Crippen LogP) is 3.76. The average Bonchev–Trinajstić information content (AvgIpc) is 2.40. The second kappa shape index (κ2) is 6.03. The minimum Gasteiger partial charge on any atom is -0.236 e. The van der Waals surface area contributed by atoms with Gasteiger partial charge in [-0.2, -0.15) is 0 Å². The fourth-order valence-corrected chi connectivity index (χ4v) is 1.26. The molecule has 0 atom stereocenters. The summed E-state index contributed by atoms with van der Waals surface area (Å²) >= 11 is 0. The zero-order chi connectivity index (χ0) is 12.8. The van der Waals surface area contributed by atoms with Crippen LogP contribution in [0.1, 0.15) is 19.4 Å². The second-order valence-corrected chi connectivity index (χ2v) is 3.13. The van der Waals surface area contributed by atoms with Crippen LogP contribution in [0, 0.1) is 18.6 Å². The van der Waals surface area contributed by atoms with Crippen LogP contribution >= 0.6 is 0 Å². The summed E-state index contributed by atoms with van der Waals surface area (Å²) in [6.45, 7) is 5.51. The highest BCUT2D eigenvalue weighted by Gasteiger charge is 2.13. The molecular formula is C13H14F2N2. The quantitative estimate of drug-likeness (QED) is 0.753. The lowest BCUT2D eigenvalue weighted by molar-refractivity contribution is 0.505. The molecule has 0 aliphatic heterocycles. The van der Waals surface area contributed by atoms with Crippen molar-refractivity contribution in [1.29, 1.82) is 0 Å². The third-order valence-corrected chi connectivity index (χ3v) is 2.08. The maximum absolute atomic E-state index is 13.5. The van der Waals surface area contributed by atoms with Gasteiger partial charge in [0.15, 0.2) is 17.5 Å². The van der Waals surface area contributed by atoms with Gasteiger partial charge in [0.05, 0.1) is 5.56 Å². The number of halogens is 2. The lowest BCUT2D eigenvalue weighted by atomic mass is 10.1. The number of benzene rings is 1. The molecule has 1 heterocycles. The highest BCUT2D eigenvalue weighted by Crippen LogP contribution is 2.22. The molecule has 0 radical (unpaired) electrons. The van der Waals surface area contributed by atoms with Gasteiger partial charge >= 0.3 is 0 Å². The molecule has 0 saturated heterocycles. The maximum Gasteiger partial charge on any atom is 0.170 e. The van der Waals surface area contributed by atoms with Crippen LogP contribution in [-0.2, 0) is 0 Å². The molecule has 0 spiro atoms. The fraction of sp³-hybridized carbons (Fsp3) is 0.231. The monoisotopic (exact) mass is 236 g/mol. The van der Waals surface area contributed by atoms with Crippen LogP contribution in [0.15, 0.2) is 30.6 Å². The smallest absolute Gasteiger partial charge is 0.170 e. The molecule has 2 rings (SSSR count). The van der Waals surface area contributed by atoms with E-state index < -0.39 is 11.6 Å². The Balaban J connectivity index is 0.000000686. The van der Waals surface area contributed by atoms with Gasteiger partial charge in [-0.3, -0.25) is 0 Å². The van der Waals surface area contributed by atoms with Crippen molar-refractivity contribution in [2.75, 3.05) is 0 Å². The van der Waals surface area contributed by atoms with Crippen molar-refractivity contribution in [3.63, 3.8) is 0 Å². The molecule has 0 fully saturated rings. The van der Waals surface area contributed by atoms with Crippen LogP contribution in [0.25, 0.3) is 11.4 Å². The van der Waals surface area contributed by atoms with Gasteiger partial charge in [0, 0.05) is 12.4 Å². The highest BCUT2D eigenvalue weighted by molar-refractivity contribution is 5.56. The minimum atomic E-state index is -0.902. The van der Waals surface area contributed by atoms with E-state index in [1.807, 2.05) is 13.8 Å². The molecule has 90 valence electrons. The SMILES string of the molecule is CC.Cc1ccc(-c2ncccn2)c(F)c1F. The molecule has 0 aliphatic rings. The number of aromatic nitrogens is 2. The van der Waals surface area contributed by atoms with E-state index in [0.717, 1.165) is 0 Å². The first-order valence-corrected chi connectivity index (χ1v) is 5.42. The first-order valence-electron chi connectivity index (χ1n) is 5.42. The van der Waals surface area contributed by atoms with Gasteiger partial charge in [-0.25, -0.2) is 18.7 Å². The van der Waals surface area contributed by atoms with Crippen LogP contribution in [0.5, 0.6) is 0 Å². The van der Waals surface area contributed by atoms with Gasteiger partial charge in [0.1, 0.15) is 0 Å². The van der Waals surface area contributed by atoms with E-state index in [1.165, 1.54) is 31.5 Å². The van der Waals surface area contributed by atoms with Gasteiger partial charge in [-0.1, -0.05) is 19.9 Å². The van der Waals surface area contributed by atoms with Gasteiger partial charge < -0.3 is 0 Å². The van der Waals surface area contributed by atoms with Crippen molar-refractivity contribution in [2.24, 2.45) is 0 Å². The van der Waals surface area contributed by atoms with E-state index >= 15 is 0 Å². The summed E-state index contributed by atoms with van der Waals surface area (Å²) in [4.78, 5) is 7.73. The summed E-state index contributed by atoms with van der Waals surface area (Å²) in [5.41, 5.74) is 0.353. The molecule has 2 aromatic rings. The first-order chi connectivity index (χ1) is 8.20. The standard InChI is InChI=1S/C11H8F2N2.C2H6/c1-7-3-4-8(10(13)9(7)12)11-14-5-2-6-15-11;1-2/h2-6H,1H3;1-2H3. The average molecular weight is 236 g/mol. The Morgan fingerprint density at radius 2 is 1.53 bits per heavy atom. The molecule has 0 aliphatic carbocycles. The molecule has 0 amide bonds. The van der Waals surface area contributed by atoms with Crippen molar-refractivity contribution in [3.05, 3.63) is 47.8 Å². The molecule has 0 N–H and O–H groups in total. The van der Waals surface area contributed by atoms with E-state index in [4.69, 9.17) is 0 Å². The summed E-state index contributed by atoms with van der Waals surface area (Å²) in [6, 6.07) is 4.60. The zero-order valence-electron chi connectivity index (χ0n) is 10.0. The summed E-state index contributed by atoms with van der Waals surface area (Å²) < 4.78 is 26.7. The molecule has 1 aromatic carbocycles. The Hall–Kier alpha value is -1.84. The second-order valence-electron chi connectivity index (χ2n) is 3.13. The first kappa shape index (κ1) is 13.2. The highest BCUT2D eigenvalue weighted by atomic mass is 19.2. The molecular weight excluding hydrogens is 222 g/mol. The zero-order valence-corrected chi connectivity index (χ0v) is 10.0. The van der Waals surface area contributed by atoms with Gasteiger partial charge in [-0.05, 0) is 24.6 Å². The molecule has 4 heteroatoms. The van der Waals surface area contributed by atoms with Crippen molar-refractivity contribution >= 4 is 0 Å². The molecule has 2 nitrogen and oxygen atoms in total. The van der Waals surface area contributed by atoms with Crippen LogP contribution in [-0.4, -0.2) is 9.97 Å². The molecule has 1 aromatic heterocycles. The number of nitrogens with zero attached hydrogens (tertiary/aromatic N) is 2. The largest absolute Gasteiger partial charge is 0.236 e. The summed E-state index contributed by atoms with van der Waals surface area (Å²) in [5, 5.41) is 0. The number of aryl methyl sites for hydroxylation is 1. The summed E-state index contributed by atoms with van der Waals surface area (Å²) in [5.74, 6) is -1.56. The molecule has 0 unspecified atom stereocenters. The van der Waals surface area contributed by atoms with Crippen molar-refractivity contribution in [3.8, 4) is 11.4 Å². The Bertz CT molecular complexity index is 484. The van der Waals surface area contributed by atoms with E-state index in [0.29, 0.717) is 0 Å². The van der Waals surface area contributed by atoms with E-state index in [2.05, 4.69) is 9.97 Å². The Morgan fingerprint density at radius 3 is 2.12 bits per heavy atom. The molecule has 0 bridgehead atoms. The normalized spacial score (nSPS) is 9.47. The van der Waals surface area contributed by atoms with Crippen LogP contribution in [0.2, 0.25) is 0 Å². The number of rotatable bonds is 1. The molecule has 17 heavy (non-hydrogen) atoms. The minimum absolute atomic E-state index is 0.0821.